The second-order valence-corrected chi connectivity index (χ2v) is 6.05. The molecule has 2 rings (SSSR count). The normalized spacial score (nSPS) is 17.2. The van der Waals surface area contributed by atoms with Gasteiger partial charge >= 0.3 is 12.1 Å². The molecule has 1 amide bonds. The van der Waals surface area contributed by atoms with Crippen LogP contribution in [-0.2, 0) is 16.0 Å². The quantitative estimate of drug-likeness (QED) is 0.793. The van der Waals surface area contributed by atoms with Crippen molar-refractivity contribution in [3.63, 3.8) is 0 Å². The van der Waals surface area contributed by atoms with E-state index in [-0.39, 0.29) is 30.4 Å². The maximum Gasteiger partial charge on any atom is 0.422 e. The van der Waals surface area contributed by atoms with E-state index in [0.29, 0.717) is 24.9 Å². The summed E-state index contributed by atoms with van der Waals surface area (Å²) in [6, 6.07) is 4.48. The van der Waals surface area contributed by atoms with Gasteiger partial charge in [-0.1, -0.05) is 6.07 Å². The molecular formula is C17H20F3NO5. The zero-order chi connectivity index (χ0) is 19.3. The van der Waals surface area contributed by atoms with E-state index in [1.807, 2.05) is 0 Å². The summed E-state index contributed by atoms with van der Waals surface area (Å²) in [4.78, 5) is 24.6. The average molecular weight is 375 g/mol. The van der Waals surface area contributed by atoms with Crippen molar-refractivity contribution in [3.8, 4) is 11.5 Å². The average Bonchev–Trinajstić information content (AvgIpc) is 3.07. The van der Waals surface area contributed by atoms with E-state index >= 15 is 0 Å². The smallest absolute Gasteiger partial charge is 0.422 e. The summed E-state index contributed by atoms with van der Waals surface area (Å²) in [6.07, 6.45) is -3.46. The third kappa shape index (κ3) is 5.53. The van der Waals surface area contributed by atoms with Crippen molar-refractivity contribution in [2.24, 2.45) is 5.92 Å². The molecule has 1 saturated heterocycles. The van der Waals surface area contributed by atoms with Crippen molar-refractivity contribution in [2.45, 2.75) is 25.4 Å². The van der Waals surface area contributed by atoms with Gasteiger partial charge in [-0.2, -0.15) is 13.2 Å². The fourth-order valence-corrected chi connectivity index (χ4v) is 2.74. The number of halogens is 3. The number of methoxy groups -OCH3 is 1. The minimum Gasteiger partial charge on any atom is -0.493 e. The van der Waals surface area contributed by atoms with E-state index in [0.717, 1.165) is 0 Å². The molecule has 0 aliphatic carbocycles. The van der Waals surface area contributed by atoms with E-state index in [4.69, 9.17) is 14.6 Å². The third-order valence-corrected chi connectivity index (χ3v) is 4.14. The molecule has 0 spiro atoms. The first-order valence-corrected chi connectivity index (χ1v) is 8.06. The molecule has 1 aromatic rings. The number of amides is 1. The van der Waals surface area contributed by atoms with Crippen LogP contribution in [0.5, 0.6) is 11.5 Å². The predicted octanol–water partition coefficient (Wildman–Crippen LogP) is 2.50. The number of aryl methyl sites for hydroxylation is 1. The number of ether oxygens (including phenoxy) is 2. The van der Waals surface area contributed by atoms with Crippen LogP contribution in [0.25, 0.3) is 0 Å². The van der Waals surface area contributed by atoms with Crippen molar-refractivity contribution < 1.29 is 37.3 Å². The first-order valence-electron chi connectivity index (χ1n) is 8.06. The number of alkyl halides is 3. The number of nitrogens with zero attached hydrogens (tertiary/aromatic N) is 1. The maximum atomic E-state index is 12.2. The summed E-state index contributed by atoms with van der Waals surface area (Å²) in [7, 11) is 1.32. The zero-order valence-corrected chi connectivity index (χ0v) is 14.2. The van der Waals surface area contributed by atoms with Crippen LogP contribution in [0.1, 0.15) is 18.4 Å². The summed E-state index contributed by atoms with van der Waals surface area (Å²) in [6.45, 7) is -0.786. The van der Waals surface area contributed by atoms with Crippen LogP contribution in [0.2, 0.25) is 0 Å². The van der Waals surface area contributed by atoms with Crippen molar-refractivity contribution in [1.82, 2.24) is 4.90 Å². The highest BCUT2D eigenvalue weighted by molar-refractivity contribution is 5.79. The summed E-state index contributed by atoms with van der Waals surface area (Å²) in [5.41, 5.74) is 0.712. The van der Waals surface area contributed by atoms with Gasteiger partial charge in [0, 0.05) is 19.5 Å². The molecule has 6 nitrogen and oxygen atoms in total. The zero-order valence-electron chi connectivity index (χ0n) is 14.2. The van der Waals surface area contributed by atoms with E-state index < -0.39 is 24.7 Å². The van der Waals surface area contributed by atoms with E-state index in [2.05, 4.69) is 0 Å². The van der Waals surface area contributed by atoms with Crippen LogP contribution in [0.15, 0.2) is 18.2 Å². The highest BCUT2D eigenvalue weighted by Crippen LogP contribution is 2.30. The molecule has 0 aromatic heterocycles. The lowest BCUT2D eigenvalue weighted by Gasteiger charge is -2.16. The number of carbonyl (C=O) groups excluding carboxylic acids is 1. The molecule has 26 heavy (non-hydrogen) atoms. The third-order valence-electron chi connectivity index (χ3n) is 4.14. The summed E-state index contributed by atoms with van der Waals surface area (Å²) >= 11 is 0. The molecule has 1 aliphatic heterocycles. The van der Waals surface area contributed by atoms with Gasteiger partial charge < -0.3 is 19.5 Å². The summed E-state index contributed by atoms with van der Waals surface area (Å²) in [5, 5.41) is 8.96. The van der Waals surface area contributed by atoms with Crippen LogP contribution in [0.4, 0.5) is 13.2 Å². The first-order chi connectivity index (χ1) is 12.2. The predicted molar refractivity (Wildman–Crippen MR) is 85.2 cm³/mol. The Morgan fingerprint density at radius 3 is 2.62 bits per heavy atom. The molecule has 1 unspecified atom stereocenters. The molecule has 9 heteroatoms. The van der Waals surface area contributed by atoms with Gasteiger partial charge in [-0.25, -0.2) is 0 Å². The second kappa shape index (κ2) is 8.29. The van der Waals surface area contributed by atoms with Crippen molar-refractivity contribution in [3.05, 3.63) is 23.8 Å². The molecule has 1 aliphatic rings. The SMILES string of the molecule is COc1cc(CCC(=O)N2CCC(C(=O)O)C2)ccc1OCC(F)(F)F. The lowest BCUT2D eigenvalue weighted by Crippen LogP contribution is -2.30. The van der Waals surface area contributed by atoms with Crippen LogP contribution in [0.3, 0.4) is 0 Å². The van der Waals surface area contributed by atoms with Gasteiger partial charge in [0.2, 0.25) is 5.91 Å². The van der Waals surface area contributed by atoms with E-state index in [9.17, 15) is 22.8 Å². The molecule has 1 heterocycles. The van der Waals surface area contributed by atoms with Crippen molar-refractivity contribution in [1.29, 1.82) is 0 Å². The molecule has 1 aromatic carbocycles. The monoisotopic (exact) mass is 375 g/mol. The molecular weight excluding hydrogens is 355 g/mol. The fraction of sp³-hybridized carbons (Fsp3) is 0.529. The molecule has 0 radical (unpaired) electrons. The van der Waals surface area contributed by atoms with Gasteiger partial charge in [-0.05, 0) is 30.5 Å². The van der Waals surface area contributed by atoms with E-state index in [1.54, 1.807) is 6.07 Å². The molecule has 1 N–H and O–H groups in total. The number of benzene rings is 1. The minimum absolute atomic E-state index is 0.0243. The fourth-order valence-electron chi connectivity index (χ4n) is 2.74. The Labute approximate surface area is 148 Å². The number of rotatable bonds is 7. The van der Waals surface area contributed by atoms with Crippen LogP contribution >= 0.6 is 0 Å². The van der Waals surface area contributed by atoms with Crippen molar-refractivity contribution in [2.75, 3.05) is 26.8 Å². The Kier molecular flexibility index (Phi) is 6.33. The topological polar surface area (TPSA) is 76.1 Å². The number of carboxylic acids is 1. The van der Waals surface area contributed by atoms with Gasteiger partial charge in [-0.3, -0.25) is 9.59 Å². The number of hydrogen-bond acceptors (Lipinski definition) is 4. The number of carbonyl (C=O) groups is 2. The molecule has 0 bridgehead atoms. The Morgan fingerprint density at radius 2 is 2.04 bits per heavy atom. The second-order valence-electron chi connectivity index (χ2n) is 6.05. The number of likely N-dealkylation sites (tertiary alicyclic amines) is 1. The molecule has 144 valence electrons. The largest absolute Gasteiger partial charge is 0.493 e. The molecule has 0 saturated carbocycles. The van der Waals surface area contributed by atoms with Gasteiger partial charge in [0.15, 0.2) is 18.1 Å². The summed E-state index contributed by atoms with van der Waals surface area (Å²) < 4.78 is 46.5. The maximum absolute atomic E-state index is 12.2. The van der Waals surface area contributed by atoms with Crippen LogP contribution in [-0.4, -0.2) is 54.9 Å². The number of aliphatic carboxylic acids is 1. The molecule has 1 fully saturated rings. The first kappa shape index (κ1) is 19.9. The Hall–Kier alpha value is -2.45. The number of carboxylic acid groups (broad SMARTS) is 1. The summed E-state index contributed by atoms with van der Waals surface area (Å²) in [5.74, 6) is -1.44. The Bertz CT molecular complexity index is 662. The van der Waals surface area contributed by atoms with E-state index in [1.165, 1.54) is 24.1 Å². The van der Waals surface area contributed by atoms with Gasteiger partial charge in [0.1, 0.15) is 0 Å². The van der Waals surface area contributed by atoms with Crippen molar-refractivity contribution >= 4 is 11.9 Å². The lowest BCUT2D eigenvalue weighted by molar-refractivity contribution is -0.153. The molecule has 1 atom stereocenters. The number of hydrogen-bond donors (Lipinski definition) is 1. The lowest BCUT2D eigenvalue weighted by atomic mass is 10.1. The minimum atomic E-state index is -4.44. The van der Waals surface area contributed by atoms with Crippen LogP contribution < -0.4 is 9.47 Å². The standard InChI is InChI=1S/C17H20F3NO5/c1-25-14-8-11(2-4-13(14)26-10-17(18,19)20)3-5-15(22)21-7-6-12(9-21)16(23)24/h2,4,8,12H,3,5-7,9-10H2,1H3,(H,23,24). The van der Waals surface area contributed by atoms with Gasteiger partial charge in [-0.15, -0.1) is 0 Å². The van der Waals surface area contributed by atoms with Gasteiger partial charge in [0.05, 0.1) is 13.0 Å². The van der Waals surface area contributed by atoms with Gasteiger partial charge in [0.25, 0.3) is 0 Å². The highest BCUT2D eigenvalue weighted by atomic mass is 19.4. The Morgan fingerprint density at radius 1 is 1.31 bits per heavy atom. The van der Waals surface area contributed by atoms with Crippen LogP contribution in [0, 0.1) is 5.92 Å². The Balaban J connectivity index is 1.91. The highest BCUT2D eigenvalue weighted by Gasteiger charge is 2.31.